The Bertz CT molecular complexity index is 797. The van der Waals surface area contributed by atoms with Gasteiger partial charge in [0, 0.05) is 11.6 Å². The summed E-state index contributed by atoms with van der Waals surface area (Å²) >= 11 is 0. The molecule has 3 aromatic rings. The van der Waals surface area contributed by atoms with Crippen LogP contribution in [0.15, 0.2) is 48.5 Å². The number of rotatable bonds is 2. The molecule has 0 unspecified atom stereocenters. The highest BCUT2D eigenvalue weighted by molar-refractivity contribution is 5.81. The minimum Gasteiger partial charge on any atom is -0.321 e. The maximum Gasteiger partial charge on any atom is 0.141 e. The van der Waals surface area contributed by atoms with E-state index in [1.165, 1.54) is 29.5 Å². The van der Waals surface area contributed by atoms with Crippen LogP contribution in [0.2, 0.25) is 0 Å². The molecule has 1 fully saturated rings. The van der Waals surface area contributed by atoms with E-state index in [2.05, 4.69) is 65.3 Å². The van der Waals surface area contributed by atoms with Gasteiger partial charge < -0.3 is 9.88 Å². The van der Waals surface area contributed by atoms with Crippen LogP contribution in [-0.4, -0.2) is 22.6 Å². The highest BCUT2D eigenvalue weighted by atomic mass is 15.1. The largest absolute Gasteiger partial charge is 0.321 e. The predicted molar refractivity (Wildman–Crippen MR) is 91.0 cm³/mol. The van der Waals surface area contributed by atoms with Crippen molar-refractivity contribution >= 4 is 11.0 Å². The van der Waals surface area contributed by atoms with Gasteiger partial charge in [0.2, 0.25) is 0 Å². The van der Waals surface area contributed by atoms with Gasteiger partial charge in [-0.1, -0.05) is 35.9 Å². The molecule has 1 N–H and O–H groups in total. The number of nitrogens with one attached hydrogen (secondary N) is 1. The summed E-state index contributed by atoms with van der Waals surface area (Å²) in [5, 5.41) is 3.46. The molecular weight excluding hydrogens is 270 g/mol. The van der Waals surface area contributed by atoms with Crippen molar-refractivity contribution in [2.24, 2.45) is 0 Å². The van der Waals surface area contributed by atoms with Crippen LogP contribution >= 0.6 is 0 Å². The molecule has 1 aliphatic rings. The molecule has 2 heterocycles. The monoisotopic (exact) mass is 291 g/mol. The van der Waals surface area contributed by atoms with Crippen LogP contribution in [0.1, 0.15) is 24.4 Å². The van der Waals surface area contributed by atoms with E-state index in [4.69, 9.17) is 4.98 Å². The van der Waals surface area contributed by atoms with E-state index < -0.39 is 0 Å². The molecule has 22 heavy (non-hydrogen) atoms. The number of para-hydroxylation sites is 2. The van der Waals surface area contributed by atoms with E-state index in [1.54, 1.807) is 0 Å². The molecule has 0 amide bonds. The van der Waals surface area contributed by atoms with Gasteiger partial charge in [0.1, 0.15) is 5.82 Å². The second kappa shape index (κ2) is 5.58. The van der Waals surface area contributed by atoms with Crippen LogP contribution in [0.3, 0.4) is 0 Å². The van der Waals surface area contributed by atoms with Crippen molar-refractivity contribution in [3.05, 3.63) is 54.1 Å². The number of imidazole rings is 1. The Morgan fingerprint density at radius 2 is 1.86 bits per heavy atom. The number of aryl methyl sites for hydroxylation is 1. The number of hydrogen-bond acceptors (Lipinski definition) is 2. The van der Waals surface area contributed by atoms with Crippen molar-refractivity contribution in [2.75, 3.05) is 13.1 Å². The molecular formula is C19H21N3. The van der Waals surface area contributed by atoms with Gasteiger partial charge in [-0.3, -0.25) is 0 Å². The fraction of sp³-hybridized carbons (Fsp3) is 0.316. The average Bonchev–Trinajstić information content (AvgIpc) is 2.95. The molecule has 1 saturated heterocycles. The lowest BCUT2D eigenvalue weighted by Crippen LogP contribution is -2.29. The standard InChI is InChI=1S/C19H21N3/c1-14-5-4-6-15(13-14)19-21-17-7-2-3-8-18(17)22(19)16-9-11-20-12-10-16/h2-8,13,16,20H,9-12H2,1H3. The second-order valence-electron chi connectivity index (χ2n) is 6.14. The molecule has 0 saturated carbocycles. The molecule has 3 heteroatoms. The zero-order valence-corrected chi connectivity index (χ0v) is 12.9. The Hall–Kier alpha value is -2.13. The maximum atomic E-state index is 4.94. The smallest absolute Gasteiger partial charge is 0.141 e. The van der Waals surface area contributed by atoms with Gasteiger partial charge in [-0.05, 0) is 51.1 Å². The number of hydrogen-bond donors (Lipinski definition) is 1. The van der Waals surface area contributed by atoms with Gasteiger partial charge in [-0.2, -0.15) is 0 Å². The summed E-state index contributed by atoms with van der Waals surface area (Å²) in [5.74, 6) is 1.11. The third-order valence-corrected chi connectivity index (χ3v) is 4.55. The number of aromatic nitrogens is 2. The number of fused-ring (bicyclic) bond motifs is 1. The van der Waals surface area contributed by atoms with Gasteiger partial charge in [0.15, 0.2) is 0 Å². The van der Waals surface area contributed by atoms with Crippen LogP contribution in [0, 0.1) is 6.92 Å². The fourth-order valence-corrected chi connectivity index (χ4v) is 3.47. The lowest BCUT2D eigenvalue weighted by molar-refractivity contribution is 0.377. The zero-order valence-electron chi connectivity index (χ0n) is 12.9. The molecule has 0 aliphatic carbocycles. The first-order valence-electron chi connectivity index (χ1n) is 8.07. The van der Waals surface area contributed by atoms with Crippen molar-refractivity contribution in [1.82, 2.24) is 14.9 Å². The molecule has 0 radical (unpaired) electrons. The summed E-state index contributed by atoms with van der Waals surface area (Å²) in [4.78, 5) is 4.94. The lowest BCUT2D eigenvalue weighted by Gasteiger charge is -2.26. The van der Waals surface area contributed by atoms with Gasteiger partial charge in [-0.15, -0.1) is 0 Å². The summed E-state index contributed by atoms with van der Waals surface area (Å²) in [6.45, 7) is 4.32. The van der Waals surface area contributed by atoms with Crippen LogP contribution in [0.25, 0.3) is 22.4 Å². The molecule has 3 nitrogen and oxygen atoms in total. The normalized spacial score (nSPS) is 16.2. The Morgan fingerprint density at radius 3 is 2.68 bits per heavy atom. The van der Waals surface area contributed by atoms with Gasteiger partial charge in [0.25, 0.3) is 0 Å². The van der Waals surface area contributed by atoms with Crippen molar-refractivity contribution in [1.29, 1.82) is 0 Å². The molecule has 0 atom stereocenters. The lowest BCUT2D eigenvalue weighted by atomic mass is 10.0. The quantitative estimate of drug-likeness (QED) is 0.775. The maximum absolute atomic E-state index is 4.94. The van der Waals surface area contributed by atoms with Gasteiger partial charge in [0.05, 0.1) is 11.0 Å². The highest BCUT2D eigenvalue weighted by Gasteiger charge is 2.21. The minimum absolute atomic E-state index is 0.532. The van der Waals surface area contributed by atoms with Crippen LogP contribution < -0.4 is 5.32 Å². The fourth-order valence-electron chi connectivity index (χ4n) is 3.47. The van der Waals surface area contributed by atoms with Crippen LogP contribution in [0.5, 0.6) is 0 Å². The van der Waals surface area contributed by atoms with Crippen molar-refractivity contribution in [3.63, 3.8) is 0 Å². The van der Waals surface area contributed by atoms with Crippen molar-refractivity contribution in [2.45, 2.75) is 25.8 Å². The summed E-state index contributed by atoms with van der Waals surface area (Å²) in [6, 6.07) is 17.7. The molecule has 4 rings (SSSR count). The SMILES string of the molecule is Cc1cccc(-c2nc3ccccc3n2C2CCNCC2)c1. The number of benzene rings is 2. The molecule has 0 bridgehead atoms. The first-order valence-corrected chi connectivity index (χ1v) is 8.07. The van der Waals surface area contributed by atoms with E-state index >= 15 is 0 Å². The molecule has 2 aromatic carbocycles. The van der Waals surface area contributed by atoms with E-state index in [0.29, 0.717) is 6.04 Å². The second-order valence-corrected chi connectivity index (χ2v) is 6.14. The minimum atomic E-state index is 0.532. The number of nitrogens with zero attached hydrogens (tertiary/aromatic N) is 2. The summed E-state index contributed by atoms with van der Waals surface area (Å²) in [5.41, 5.74) is 4.85. The van der Waals surface area contributed by atoms with E-state index in [0.717, 1.165) is 24.4 Å². The molecule has 1 aliphatic heterocycles. The summed E-state index contributed by atoms with van der Waals surface area (Å²) in [6.07, 6.45) is 2.33. The number of piperidine rings is 1. The first kappa shape index (κ1) is 13.5. The predicted octanol–water partition coefficient (Wildman–Crippen LogP) is 3.94. The van der Waals surface area contributed by atoms with Gasteiger partial charge in [-0.25, -0.2) is 4.98 Å². The van der Waals surface area contributed by atoms with E-state index in [9.17, 15) is 0 Å². The molecule has 0 spiro atoms. The van der Waals surface area contributed by atoms with Gasteiger partial charge >= 0.3 is 0 Å². The first-order chi connectivity index (χ1) is 10.8. The Labute approximate surface area is 131 Å². The summed E-state index contributed by atoms with van der Waals surface area (Å²) in [7, 11) is 0. The van der Waals surface area contributed by atoms with Crippen molar-refractivity contribution in [3.8, 4) is 11.4 Å². The Balaban J connectivity index is 1.93. The zero-order chi connectivity index (χ0) is 14.9. The topological polar surface area (TPSA) is 29.9 Å². The summed E-state index contributed by atoms with van der Waals surface area (Å²) < 4.78 is 2.46. The van der Waals surface area contributed by atoms with Crippen LogP contribution in [-0.2, 0) is 0 Å². The van der Waals surface area contributed by atoms with Crippen LogP contribution in [0.4, 0.5) is 0 Å². The average molecular weight is 291 g/mol. The molecule has 1 aromatic heterocycles. The Morgan fingerprint density at radius 1 is 1.05 bits per heavy atom. The Kier molecular flexibility index (Phi) is 3.43. The van der Waals surface area contributed by atoms with E-state index in [-0.39, 0.29) is 0 Å². The van der Waals surface area contributed by atoms with E-state index in [1.807, 2.05) is 0 Å². The third kappa shape index (κ3) is 2.32. The molecule has 112 valence electrons. The van der Waals surface area contributed by atoms with Crippen molar-refractivity contribution < 1.29 is 0 Å². The highest BCUT2D eigenvalue weighted by Crippen LogP contribution is 2.32. The third-order valence-electron chi connectivity index (χ3n) is 4.55.